The molecule has 17 heavy (non-hydrogen) atoms. The number of ether oxygens (including phenoxy) is 1. The molecule has 3 nitrogen and oxygen atoms in total. The maximum atomic E-state index is 5.59. The topological polar surface area (TPSA) is 35.3 Å². The van der Waals surface area contributed by atoms with E-state index in [4.69, 9.17) is 9.15 Å². The van der Waals surface area contributed by atoms with E-state index in [1.807, 2.05) is 13.8 Å². The van der Waals surface area contributed by atoms with Gasteiger partial charge in [-0.1, -0.05) is 11.8 Å². The molecule has 0 bridgehead atoms. The Hall–Kier alpha value is -0.130. The summed E-state index contributed by atoms with van der Waals surface area (Å²) in [5, 5.41) is 0.785. The molecule has 0 unspecified atom stereocenters. The molecule has 1 aromatic heterocycles. The zero-order valence-corrected chi connectivity index (χ0v) is 12.1. The molecule has 0 aromatic carbocycles. The summed E-state index contributed by atoms with van der Waals surface area (Å²) >= 11 is 6.20. The lowest BCUT2D eigenvalue weighted by Gasteiger charge is -2.35. The maximum absolute atomic E-state index is 5.59. The molecule has 0 amide bonds. The van der Waals surface area contributed by atoms with E-state index in [0.717, 1.165) is 54.2 Å². The Kier molecular flexibility index (Phi) is 4.44. The fourth-order valence-electron chi connectivity index (χ4n) is 1.87. The normalized spacial score (nSPS) is 19.5. The molecule has 96 valence electrons. The highest BCUT2D eigenvalue weighted by molar-refractivity contribution is 7.99. The number of nitrogens with zero attached hydrogens (tertiary/aromatic N) is 1. The first-order valence-electron chi connectivity index (χ1n) is 5.91. The zero-order chi connectivity index (χ0) is 12.3. The Labute approximate surface area is 112 Å². The standard InChI is InChI=1S/C12H19NO2S2/c1-9-10(2)15-11(13-9)17-8-12(7-16)3-5-14-6-4-12/h16H,3-8H2,1-2H3. The molecule has 1 aromatic rings. The van der Waals surface area contributed by atoms with Gasteiger partial charge in [-0.2, -0.15) is 12.6 Å². The van der Waals surface area contributed by atoms with Crippen molar-refractivity contribution in [2.24, 2.45) is 5.41 Å². The van der Waals surface area contributed by atoms with Gasteiger partial charge in [0.25, 0.3) is 5.22 Å². The van der Waals surface area contributed by atoms with E-state index in [9.17, 15) is 0 Å². The van der Waals surface area contributed by atoms with Crippen molar-refractivity contribution in [1.82, 2.24) is 4.98 Å². The average Bonchev–Trinajstić information content (AvgIpc) is 2.68. The van der Waals surface area contributed by atoms with Crippen molar-refractivity contribution < 1.29 is 9.15 Å². The molecule has 1 aliphatic heterocycles. The second-order valence-corrected chi connectivity index (χ2v) is 5.92. The molecule has 2 heterocycles. The Morgan fingerprint density at radius 1 is 1.35 bits per heavy atom. The van der Waals surface area contributed by atoms with Crippen LogP contribution in [0.25, 0.3) is 0 Å². The van der Waals surface area contributed by atoms with Gasteiger partial charge in [-0.05, 0) is 37.9 Å². The maximum Gasteiger partial charge on any atom is 0.256 e. The quantitative estimate of drug-likeness (QED) is 0.675. The molecule has 0 aliphatic carbocycles. The van der Waals surface area contributed by atoms with Gasteiger partial charge in [0.05, 0.1) is 5.69 Å². The van der Waals surface area contributed by atoms with E-state index in [2.05, 4.69) is 17.6 Å². The molecule has 1 aliphatic rings. The summed E-state index contributed by atoms with van der Waals surface area (Å²) in [5.74, 6) is 2.83. The number of thiol groups is 1. The number of hydrogen-bond donors (Lipinski definition) is 1. The van der Waals surface area contributed by atoms with E-state index in [-0.39, 0.29) is 5.41 Å². The third-order valence-corrected chi connectivity index (χ3v) is 5.25. The highest BCUT2D eigenvalue weighted by Crippen LogP contribution is 2.37. The lowest BCUT2D eigenvalue weighted by molar-refractivity contribution is 0.0370. The number of hydrogen-bond acceptors (Lipinski definition) is 5. The first-order valence-corrected chi connectivity index (χ1v) is 7.52. The molecule has 5 heteroatoms. The van der Waals surface area contributed by atoms with Gasteiger partial charge in [0.1, 0.15) is 5.76 Å². The van der Waals surface area contributed by atoms with Crippen LogP contribution in [0.4, 0.5) is 0 Å². The number of oxazole rings is 1. The van der Waals surface area contributed by atoms with Gasteiger partial charge in [0, 0.05) is 19.0 Å². The van der Waals surface area contributed by atoms with Crippen molar-refractivity contribution in [1.29, 1.82) is 0 Å². The summed E-state index contributed by atoms with van der Waals surface area (Å²) in [5.41, 5.74) is 1.27. The summed E-state index contributed by atoms with van der Waals surface area (Å²) in [6.45, 7) is 5.64. The molecule has 1 saturated heterocycles. The molecule has 0 N–H and O–H groups in total. The van der Waals surface area contributed by atoms with E-state index in [1.54, 1.807) is 11.8 Å². The molecule has 0 radical (unpaired) electrons. The Morgan fingerprint density at radius 3 is 2.59 bits per heavy atom. The molecular weight excluding hydrogens is 254 g/mol. The van der Waals surface area contributed by atoms with Crippen LogP contribution in [0.5, 0.6) is 0 Å². The van der Waals surface area contributed by atoms with Crippen LogP contribution in [0, 0.1) is 19.3 Å². The van der Waals surface area contributed by atoms with Crippen LogP contribution in [-0.4, -0.2) is 29.7 Å². The van der Waals surface area contributed by atoms with Gasteiger partial charge < -0.3 is 9.15 Å². The van der Waals surface area contributed by atoms with E-state index in [0.29, 0.717) is 0 Å². The Balaban J connectivity index is 1.95. The third-order valence-electron chi connectivity index (χ3n) is 3.40. The molecule has 0 atom stereocenters. The summed E-state index contributed by atoms with van der Waals surface area (Å²) in [4.78, 5) is 4.40. The predicted octanol–water partition coefficient (Wildman–Crippen LogP) is 3.11. The Bertz CT molecular complexity index is 353. The van der Waals surface area contributed by atoms with Crippen LogP contribution in [0.3, 0.4) is 0 Å². The summed E-state index contributed by atoms with van der Waals surface area (Å²) in [6, 6.07) is 0. The number of aromatic nitrogens is 1. The lowest BCUT2D eigenvalue weighted by Crippen LogP contribution is -2.33. The highest BCUT2D eigenvalue weighted by atomic mass is 32.2. The van der Waals surface area contributed by atoms with Gasteiger partial charge in [0.15, 0.2) is 0 Å². The fourth-order valence-corrected chi connectivity index (χ4v) is 3.66. The van der Waals surface area contributed by atoms with Crippen LogP contribution in [0.1, 0.15) is 24.3 Å². The van der Waals surface area contributed by atoms with E-state index < -0.39 is 0 Å². The smallest absolute Gasteiger partial charge is 0.256 e. The van der Waals surface area contributed by atoms with Gasteiger partial charge in [0.2, 0.25) is 0 Å². The Morgan fingerprint density at radius 2 is 2.06 bits per heavy atom. The third kappa shape index (κ3) is 3.20. The number of aryl methyl sites for hydroxylation is 2. The molecule has 2 rings (SSSR count). The second kappa shape index (κ2) is 5.67. The fraction of sp³-hybridized carbons (Fsp3) is 0.750. The lowest BCUT2D eigenvalue weighted by atomic mass is 9.84. The monoisotopic (exact) mass is 273 g/mol. The predicted molar refractivity (Wildman–Crippen MR) is 73.0 cm³/mol. The first kappa shape index (κ1) is 13.3. The number of thioether (sulfide) groups is 1. The largest absolute Gasteiger partial charge is 0.437 e. The van der Waals surface area contributed by atoms with Crippen molar-refractivity contribution in [3.63, 3.8) is 0 Å². The average molecular weight is 273 g/mol. The van der Waals surface area contributed by atoms with Crippen molar-refractivity contribution in [3.05, 3.63) is 11.5 Å². The van der Waals surface area contributed by atoms with Crippen molar-refractivity contribution in [2.45, 2.75) is 31.9 Å². The first-order chi connectivity index (χ1) is 8.15. The van der Waals surface area contributed by atoms with Gasteiger partial charge >= 0.3 is 0 Å². The van der Waals surface area contributed by atoms with Crippen LogP contribution < -0.4 is 0 Å². The minimum atomic E-state index is 0.280. The van der Waals surface area contributed by atoms with E-state index >= 15 is 0 Å². The van der Waals surface area contributed by atoms with Crippen molar-refractivity contribution >= 4 is 24.4 Å². The minimum Gasteiger partial charge on any atom is -0.437 e. The molecular formula is C12H19NO2S2. The molecule has 0 saturated carbocycles. The SMILES string of the molecule is Cc1nc(SCC2(CS)CCOCC2)oc1C. The van der Waals surface area contributed by atoms with Gasteiger partial charge in [-0.25, -0.2) is 4.98 Å². The number of rotatable bonds is 4. The summed E-state index contributed by atoms with van der Waals surface area (Å²) < 4.78 is 11.0. The molecule has 0 spiro atoms. The minimum absolute atomic E-state index is 0.280. The summed E-state index contributed by atoms with van der Waals surface area (Å²) in [7, 11) is 0. The van der Waals surface area contributed by atoms with Crippen LogP contribution in [0.2, 0.25) is 0 Å². The van der Waals surface area contributed by atoms with Gasteiger partial charge in [-0.3, -0.25) is 0 Å². The second-order valence-electron chi connectivity index (χ2n) is 4.68. The van der Waals surface area contributed by atoms with Crippen molar-refractivity contribution in [3.8, 4) is 0 Å². The summed E-state index contributed by atoms with van der Waals surface area (Å²) in [6.07, 6.45) is 2.17. The van der Waals surface area contributed by atoms with Crippen LogP contribution in [-0.2, 0) is 4.74 Å². The van der Waals surface area contributed by atoms with Crippen molar-refractivity contribution in [2.75, 3.05) is 24.7 Å². The van der Waals surface area contributed by atoms with Gasteiger partial charge in [-0.15, -0.1) is 0 Å². The van der Waals surface area contributed by atoms with E-state index in [1.165, 1.54) is 0 Å². The highest BCUT2D eigenvalue weighted by Gasteiger charge is 2.31. The van der Waals surface area contributed by atoms with Crippen LogP contribution >= 0.6 is 24.4 Å². The zero-order valence-electron chi connectivity index (χ0n) is 10.4. The molecule has 1 fully saturated rings. The van der Waals surface area contributed by atoms with Crippen LogP contribution in [0.15, 0.2) is 9.64 Å².